The first kappa shape index (κ1) is 20.8. The number of benzene rings is 2. The van der Waals surface area contributed by atoms with Crippen molar-refractivity contribution in [3.63, 3.8) is 0 Å². The highest BCUT2D eigenvalue weighted by molar-refractivity contribution is 7.12. The maximum absolute atomic E-state index is 12.8. The number of aryl methyl sites for hydroxylation is 1. The van der Waals surface area contributed by atoms with E-state index in [1.54, 1.807) is 7.11 Å². The molecule has 7 heteroatoms. The van der Waals surface area contributed by atoms with Gasteiger partial charge in [0, 0.05) is 18.6 Å². The summed E-state index contributed by atoms with van der Waals surface area (Å²) in [4.78, 5) is 13.5. The summed E-state index contributed by atoms with van der Waals surface area (Å²) in [5, 5.41) is 13.4. The quantitative estimate of drug-likeness (QED) is 0.366. The van der Waals surface area contributed by atoms with Gasteiger partial charge in [-0.1, -0.05) is 24.3 Å². The van der Waals surface area contributed by atoms with Crippen LogP contribution < -0.4 is 10.1 Å². The Hall–Kier alpha value is -3.42. The van der Waals surface area contributed by atoms with E-state index in [1.807, 2.05) is 73.0 Å². The molecule has 2 aromatic heterocycles. The molecule has 0 aliphatic heterocycles. The van der Waals surface area contributed by atoms with E-state index in [0.29, 0.717) is 29.5 Å². The third kappa shape index (κ3) is 4.84. The molecule has 0 radical (unpaired) electrons. The molecule has 2 N–H and O–H groups in total. The summed E-state index contributed by atoms with van der Waals surface area (Å²) in [6, 6.07) is 15.5. The normalized spacial score (nSPS) is 11.3. The number of H-pyrrole nitrogens is 1. The molecule has 0 bridgehead atoms. The summed E-state index contributed by atoms with van der Waals surface area (Å²) < 4.78 is 10.8. The number of hydrogen-bond donors (Lipinski definition) is 2. The van der Waals surface area contributed by atoms with Crippen LogP contribution in [0.3, 0.4) is 0 Å². The Morgan fingerprint density at radius 3 is 2.84 bits per heavy atom. The van der Waals surface area contributed by atoms with Crippen LogP contribution in [0.25, 0.3) is 23.1 Å². The molecule has 1 amide bonds. The molecule has 0 saturated carbocycles. The molecule has 4 aromatic rings. The van der Waals surface area contributed by atoms with Crippen molar-refractivity contribution in [2.24, 2.45) is 0 Å². The van der Waals surface area contributed by atoms with Crippen molar-refractivity contribution < 1.29 is 14.3 Å². The second-order valence-corrected chi connectivity index (χ2v) is 7.88. The summed E-state index contributed by atoms with van der Waals surface area (Å²) in [7, 11) is 1.63. The summed E-state index contributed by atoms with van der Waals surface area (Å²) in [5.41, 5.74) is 4.29. The molecule has 0 unspecified atom stereocenters. The fourth-order valence-electron chi connectivity index (χ4n) is 3.19. The van der Waals surface area contributed by atoms with Crippen molar-refractivity contribution in [1.29, 1.82) is 0 Å². The molecule has 0 aliphatic rings. The summed E-state index contributed by atoms with van der Waals surface area (Å²) >= 11 is 1.42. The minimum absolute atomic E-state index is 0.138. The van der Waals surface area contributed by atoms with Gasteiger partial charge in [0.2, 0.25) is 0 Å². The first-order chi connectivity index (χ1) is 15.2. The number of para-hydroxylation sites is 1. The Balaban J connectivity index is 1.63. The van der Waals surface area contributed by atoms with Crippen molar-refractivity contribution in [3.05, 3.63) is 75.6 Å². The van der Waals surface area contributed by atoms with E-state index in [1.165, 1.54) is 11.3 Å². The van der Waals surface area contributed by atoms with E-state index < -0.39 is 0 Å². The number of aromatic amines is 1. The van der Waals surface area contributed by atoms with E-state index in [-0.39, 0.29) is 5.91 Å². The van der Waals surface area contributed by atoms with Gasteiger partial charge in [0.25, 0.3) is 5.91 Å². The van der Waals surface area contributed by atoms with E-state index >= 15 is 0 Å². The lowest BCUT2D eigenvalue weighted by molar-refractivity contribution is 0.103. The van der Waals surface area contributed by atoms with Crippen molar-refractivity contribution >= 4 is 46.0 Å². The molecular formula is C24H23N3O3S. The number of fused-ring (bicyclic) bond motifs is 1. The number of anilines is 1. The van der Waals surface area contributed by atoms with Crippen molar-refractivity contribution in [1.82, 2.24) is 10.2 Å². The highest BCUT2D eigenvalue weighted by Crippen LogP contribution is 2.27. The van der Waals surface area contributed by atoms with E-state index in [9.17, 15) is 4.79 Å². The molecule has 0 spiro atoms. The van der Waals surface area contributed by atoms with Crippen LogP contribution in [0.1, 0.15) is 26.5 Å². The van der Waals surface area contributed by atoms with Gasteiger partial charge in [0.05, 0.1) is 28.4 Å². The zero-order chi connectivity index (χ0) is 21.6. The topological polar surface area (TPSA) is 76.2 Å². The molecule has 0 fully saturated rings. The van der Waals surface area contributed by atoms with E-state index in [2.05, 4.69) is 15.5 Å². The van der Waals surface area contributed by atoms with Gasteiger partial charge in [-0.3, -0.25) is 9.89 Å². The molecule has 2 heterocycles. The van der Waals surface area contributed by atoms with Crippen molar-refractivity contribution in [2.45, 2.75) is 6.92 Å². The smallest absolute Gasteiger partial charge is 0.266 e. The standard InChI is InChI=1S/C24H23N3O3S/c1-16-11-14-31-23(16)24(28)25-22-15-18(30-13-12-29-2)9-7-17(22)8-10-21-19-5-3-4-6-20(19)26-27-21/h3-11,14-15H,12-13H2,1-2H3,(H,25,28)(H,26,27). The van der Waals surface area contributed by atoms with Gasteiger partial charge < -0.3 is 14.8 Å². The lowest BCUT2D eigenvalue weighted by atomic mass is 10.1. The van der Waals surface area contributed by atoms with Gasteiger partial charge in [-0.15, -0.1) is 11.3 Å². The highest BCUT2D eigenvalue weighted by Gasteiger charge is 2.13. The average molecular weight is 434 g/mol. The minimum atomic E-state index is -0.138. The average Bonchev–Trinajstić information content (AvgIpc) is 3.39. The van der Waals surface area contributed by atoms with Gasteiger partial charge in [-0.05, 0) is 53.8 Å². The molecule has 4 rings (SSSR count). The van der Waals surface area contributed by atoms with Crippen LogP contribution in [-0.4, -0.2) is 36.4 Å². The first-order valence-electron chi connectivity index (χ1n) is 9.88. The monoisotopic (exact) mass is 433 g/mol. The van der Waals surface area contributed by atoms with E-state index in [4.69, 9.17) is 9.47 Å². The highest BCUT2D eigenvalue weighted by atomic mass is 32.1. The SMILES string of the molecule is COCCOc1ccc(C=Cc2n[nH]c3ccccc23)c(NC(=O)c2sccc2C)c1. The molecule has 0 atom stereocenters. The summed E-state index contributed by atoms with van der Waals surface area (Å²) in [5.74, 6) is 0.527. The maximum atomic E-state index is 12.8. The Morgan fingerprint density at radius 1 is 1.16 bits per heavy atom. The maximum Gasteiger partial charge on any atom is 0.266 e. The van der Waals surface area contributed by atoms with Gasteiger partial charge in [0.15, 0.2) is 0 Å². The fourth-order valence-corrected chi connectivity index (χ4v) is 4.01. The molecule has 158 valence electrons. The number of carbonyl (C=O) groups is 1. The van der Waals surface area contributed by atoms with Gasteiger partial charge in [-0.25, -0.2) is 0 Å². The number of hydrogen-bond acceptors (Lipinski definition) is 5. The third-order valence-corrected chi connectivity index (χ3v) is 5.83. The van der Waals surface area contributed by atoms with Crippen LogP contribution in [-0.2, 0) is 4.74 Å². The Kier molecular flexibility index (Phi) is 6.45. The first-order valence-corrected chi connectivity index (χ1v) is 10.8. The largest absolute Gasteiger partial charge is 0.491 e. The zero-order valence-corrected chi connectivity index (χ0v) is 18.2. The van der Waals surface area contributed by atoms with Gasteiger partial charge in [0.1, 0.15) is 12.4 Å². The number of thiophene rings is 1. The minimum Gasteiger partial charge on any atom is -0.491 e. The molecular weight excluding hydrogens is 410 g/mol. The molecule has 2 aromatic carbocycles. The van der Waals surface area contributed by atoms with Crippen LogP contribution in [0.4, 0.5) is 5.69 Å². The number of methoxy groups -OCH3 is 1. The number of nitrogens with zero attached hydrogens (tertiary/aromatic N) is 1. The van der Waals surface area contributed by atoms with Crippen molar-refractivity contribution in [2.75, 3.05) is 25.6 Å². The van der Waals surface area contributed by atoms with Gasteiger partial charge in [-0.2, -0.15) is 5.10 Å². The zero-order valence-electron chi connectivity index (χ0n) is 17.3. The second kappa shape index (κ2) is 9.59. The number of amides is 1. The fraction of sp³-hybridized carbons (Fsp3) is 0.167. The number of ether oxygens (including phenoxy) is 2. The van der Waals surface area contributed by atoms with Crippen LogP contribution in [0.15, 0.2) is 53.9 Å². The van der Waals surface area contributed by atoms with Crippen LogP contribution >= 0.6 is 11.3 Å². The summed E-state index contributed by atoms with van der Waals surface area (Å²) in [6.07, 6.45) is 3.88. The lowest BCUT2D eigenvalue weighted by Gasteiger charge is -2.12. The molecule has 6 nitrogen and oxygen atoms in total. The van der Waals surface area contributed by atoms with Crippen LogP contribution in [0, 0.1) is 6.92 Å². The number of aromatic nitrogens is 2. The predicted octanol–water partition coefficient (Wildman–Crippen LogP) is 5.38. The predicted molar refractivity (Wildman–Crippen MR) is 126 cm³/mol. The molecule has 31 heavy (non-hydrogen) atoms. The Bertz CT molecular complexity index is 1230. The Labute approximate surface area is 184 Å². The second-order valence-electron chi connectivity index (χ2n) is 6.96. The lowest BCUT2D eigenvalue weighted by Crippen LogP contribution is -2.12. The molecule has 0 aliphatic carbocycles. The van der Waals surface area contributed by atoms with Crippen molar-refractivity contribution in [3.8, 4) is 5.75 Å². The van der Waals surface area contributed by atoms with Gasteiger partial charge >= 0.3 is 0 Å². The van der Waals surface area contributed by atoms with Crippen LogP contribution in [0.2, 0.25) is 0 Å². The van der Waals surface area contributed by atoms with Crippen LogP contribution in [0.5, 0.6) is 5.75 Å². The number of rotatable bonds is 8. The summed E-state index contributed by atoms with van der Waals surface area (Å²) in [6.45, 7) is 2.85. The number of carbonyl (C=O) groups excluding carboxylic acids is 1. The Morgan fingerprint density at radius 2 is 2.03 bits per heavy atom. The van der Waals surface area contributed by atoms with E-state index in [0.717, 1.165) is 27.7 Å². The number of nitrogens with one attached hydrogen (secondary N) is 2. The molecule has 0 saturated heterocycles. The third-order valence-electron chi connectivity index (χ3n) is 4.82.